The molecule has 0 bridgehead atoms. The van der Waals surface area contributed by atoms with Gasteiger partial charge < -0.3 is 10.1 Å². The predicted molar refractivity (Wildman–Crippen MR) is 85.7 cm³/mol. The van der Waals surface area contributed by atoms with Crippen LogP contribution in [0.4, 0.5) is 0 Å². The number of hydrogen-bond donors (Lipinski definition) is 1. The van der Waals surface area contributed by atoms with E-state index in [4.69, 9.17) is 4.74 Å². The predicted octanol–water partition coefficient (Wildman–Crippen LogP) is 4.28. The van der Waals surface area contributed by atoms with Crippen LogP contribution in [0.25, 0.3) is 0 Å². The van der Waals surface area contributed by atoms with Crippen molar-refractivity contribution >= 4 is 0 Å². The van der Waals surface area contributed by atoms with E-state index in [-0.39, 0.29) is 0 Å². The summed E-state index contributed by atoms with van der Waals surface area (Å²) in [5.41, 5.74) is 3.05. The zero-order chi connectivity index (χ0) is 14.4. The van der Waals surface area contributed by atoms with Crippen molar-refractivity contribution in [2.45, 2.75) is 64.3 Å². The normalized spacial score (nSPS) is 19.4. The SMILES string of the molecule is CCCNC(CCC)C1CCCc2ccc(OC)cc21. The molecule has 0 aromatic heterocycles. The van der Waals surface area contributed by atoms with Crippen LogP contribution < -0.4 is 10.1 Å². The third kappa shape index (κ3) is 3.54. The minimum Gasteiger partial charge on any atom is -0.497 e. The molecule has 20 heavy (non-hydrogen) atoms. The van der Waals surface area contributed by atoms with Crippen molar-refractivity contribution in [2.24, 2.45) is 0 Å². The molecule has 1 aliphatic rings. The van der Waals surface area contributed by atoms with Gasteiger partial charge in [-0.05, 0) is 67.8 Å². The Hall–Kier alpha value is -1.02. The molecule has 0 radical (unpaired) electrons. The fourth-order valence-corrected chi connectivity index (χ4v) is 3.44. The molecule has 1 aromatic rings. The summed E-state index contributed by atoms with van der Waals surface area (Å²) in [5, 5.41) is 3.78. The van der Waals surface area contributed by atoms with Crippen LogP contribution in [-0.2, 0) is 6.42 Å². The highest BCUT2D eigenvalue weighted by atomic mass is 16.5. The van der Waals surface area contributed by atoms with E-state index >= 15 is 0 Å². The highest BCUT2D eigenvalue weighted by Gasteiger charge is 2.27. The summed E-state index contributed by atoms with van der Waals surface area (Å²) in [6, 6.07) is 7.26. The number of nitrogens with one attached hydrogen (secondary N) is 1. The van der Waals surface area contributed by atoms with Gasteiger partial charge in [0.1, 0.15) is 5.75 Å². The summed E-state index contributed by atoms with van der Waals surface area (Å²) in [6.45, 7) is 5.66. The molecule has 2 rings (SSSR count). The molecule has 0 fully saturated rings. The van der Waals surface area contributed by atoms with E-state index in [1.807, 2.05) is 0 Å². The van der Waals surface area contributed by atoms with Crippen molar-refractivity contribution in [2.75, 3.05) is 13.7 Å². The zero-order valence-corrected chi connectivity index (χ0v) is 13.2. The standard InChI is InChI=1S/C18H29NO/c1-4-7-18(19-12-5-2)16-9-6-8-14-10-11-15(20-3)13-17(14)16/h10-11,13,16,18-19H,4-9,12H2,1-3H3. The van der Waals surface area contributed by atoms with Crippen LogP contribution in [0.3, 0.4) is 0 Å². The third-order valence-corrected chi connectivity index (χ3v) is 4.46. The van der Waals surface area contributed by atoms with Crippen LogP contribution in [0, 0.1) is 0 Å². The molecule has 112 valence electrons. The third-order valence-electron chi connectivity index (χ3n) is 4.46. The molecule has 0 spiro atoms. The van der Waals surface area contributed by atoms with Crippen LogP contribution >= 0.6 is 0 Å². The number of methoxy groups -OCH3 is 1. The van der Waals surface area contributed by atoms with Gasteiger partial charge in [0.15, 0.2) is 0 Å². The maximum absolute atomic E-state index is 5.43. The molecular weight excluding hydrogens is 246 g/mol. The van der Waals surface area contributed by atoms with Gasteiger partial charge >= 0.3 is 0 Å². The summed E-state index contributed by atoms with van der Waals surface area (Å²) in [7, 11) is 1.76. The average Bonchev–Trinajstić information content (AvgIpc) is 2.50. The number of benzene rings is 1. The van der Waals surface area contributed by atoms with Crippen LogP contribution in [-0.4, -0.2) is 19.7 Å². The first-order valence-corrected chi connectivity index (χ1v) is 8.20. The number of aryl methyl sites for hydroxylation is 1. The lowest BCUT2D eigenvalue weighted by Crippen LogP contribution is -2.37. The Morgan fingerprint density at radius 1 is 1.30 bits per heavy atom. The van der Waals surface area contributed by atoms with Gasteiger partial charge in [-0.3, -0.25) is 0 Å². The molecule has 0 saturated heterocycles. The fraction of sp³-hybridized carbons (Fsp3) is 0.667. The van der Waals surface area contributed by atoms with Crippen molar-refractivity contribution in [1.82, 2.24) is 5.32 Å². The maximum atomic E-state index is 5.43. The van der Waals surface area contributed by atoms with Crippen molar-refractivity contribution in [3.05, 3.63) is 29.3 Å². The van der Waals surface area contributed by atoms with Crippen molar-refractivity contribution < 1.29 is 4.74 Å². The lowest BCUT2D eigenvalue weighted by Gasteiger charge is -2.33. The van der Waals surface area contributed by atoms with Crippen molar-refractivity contribution in [1.29, 1.82) is 0 Å². The highest BCUT2D eigenvalue weighted by Crippen LogP contribution is 2.37. The molecule has 2 unspecified atom stereocenters. The molecule has 2 nitrogen and oxygen atoms in total. The second kappa shape index (κ2) is 7.68. The van der Waals surface area contributed by atoms with Crippen LogP contribution in [0.1, 0.15) is 63.0 Å². The Kier molecular flexibility index (Phi) is 5.90. The summed E-state index contributed by atoms with van der Waals surface area (Å²) in [5.74, 6) is 1.65. The number of fused-ring (bicyclic) bond motifs is 1. The second-order valence-electron chi connectivity index (χ2n) is 5.91. The first-order valence-electron chi connectivity index (χ1n) is 8.20. The van der Waals surface area contributed by atoms with Crippen LogP contribution in [0.2, 0.25) is 0 Å². The molecule has 1 aliphatic carbocycles. The van der Waals surface area contributed by atoms with Gasteiger partial charge in [0.25, 0.3) is 0 Å². The number of ether oxygens (including phenoxy) is 1. The highest BCUT2D eigenvalue weighted by molar-refractivity contribution is 5.40. The van der Waals surface area contributed by atoms with Crippen molar-refractivity contribution in [3.8, 4) is 5.75 Å². The Morgan fingerprint density at radius 3 is 2.85 bits per heavy atom. The van der Waals surface area contributed by atoms with E-state index in [0.717, 1.165) is 12.3 Å². The lowest BCUT2D eigenvalue weighted by atomic mass is 9.77. The largest absolute Gasteiger partial charge is 0.497 e. The minimum atomic E-state index is 0.617. The minimum absolute atomic E-state index is 0.617. The molecular formula is C18H29NO. The summed E-state index contributed by atoms with van der Waals surface area (Å²) >= 11 is 0. The molecule has 0 aliphatic heterocycles. The molecule has 1 N–H and O–H groups in total. The van der Waals surface area contributed by atoms with Gasteiger partial charge in [-0.15, -0.1) is 0 Å². The van der Waals surface area contributed by atoms with E-state index in [0.29, 0.717) is 12.0 Å². The second-order valence-corrected chi connectivity index (χ2v) is 5.91. The van der Waals surface area contributed by atoms with Crippen LogP contribution in [0.5, 0.6) is 5.75 Å². The average molecular weight is 275 g/mol. The quantitative estimate of drug-likeness (QED) is 0.802. The summed E-state index contributed by atoms with van der Waals surface area (Å²) in [6.07, 6.45) is 7.57. The number of hydrogen-bond acceptors (Lipinski definition) is 2. The lowest BCUT2D eigenvalue weighted by molar-refractivity contribution is 0.367. The van der Waals surface area contributed by atoms with Gasteiger partial charge in [-0.1, -0.05) is 26.3 Å². The van der Waals surface area contributed by atoms with E-state index in [1.54, 1.807) is 7.11 Å². The Labute approximate surface area is 123 Å². The Morgan fingerprint density at radius 2 is 2.15 bits per heavy atom. The smallest absolute Gasteiger partial charge is 0.119 e. The first-order chi connectivity index (χ1) is 9.80. The fourth-order valence-electron chi connectivity index (χ4n) is 3.44. The van der Waals surface area contributed by atoms with Crippen LogP contribution in [0.15, 0.2) is 18.2 Å². The number of rotatable bonds is 7. The van der Waals surface area contributed by atoms with E-state index in [1.165, 1.54) is 49.7 Å². The van der Waals surface area contributed by atoms with E-state index < -0.39 is 0 Å². The van der Waals surface area contributed by atoms with Gasteiger partial charge in [-0.2, -0.15) is 0 Å². The zero-order valence-electron chi connectivity index (χ0n) is 13.2. The maximum Gasteiger partial charge on any atom is 0.119 e. The molecule has 1 aromatic carbocycles. The Bertz CT molecular complexity index is 416. The van der Waals surface area contributed by atoms with E-state index in [2.05, 4.69) is 37.4 Å². The molecule has 2 atom stereocenters. The first kappa shape index (κ1) is 15.4. The van der Waals surface area contributed by atoms with Crippen molar-refractivity contribution in [3.63, 3.8) is 0 Å². The molecule has 0 heterocycles. The van der Waals surface area contributed by atoms with E-state index in [9.17, 15) is 0 Å². The summed E-state index contributed by atoms with van der Waals surface area (Å²) in [4.78, 5) is 0. The molecule has 0 amide bonds. The van der Waals surface area contributed by atoms with Gasteiger partial charge in [0, 0.05) is 6.04 Å². The molecule has 0 saturated carbocycles. The van der Waals surface area contributed by atoms with Gasteiger partial charge in [0.05, 0.1) is 7.11 Å². The molecule has 2 heteroatoms. The van der Waals surface area contributed by atoms with Gasteiger partial charge in [0.2, 0.25) is 0 Å². The summed E-state index contributed by atoms with van der Waals surface area (Å²) < 4.78 is 5.43. The monoisotopic (exact) mass is 275 g/mol. The Balaban J connectivity index is 2.23. The van der Waals surface area contributed by atoms with Gasteiger partial charge in [-0.25, -0.2) is 0 Å². The topological polar surface area (TPSA) is 21.3 Å².